The molecule has 0 saturated carbocycles. The maximum absolute atomic E-state index is 2.49. The molecule has 11 aromatic rings. The van der Waals surface area contributed by atoms with E-state index in [1.807, 2.05) is 0 Å². The van der Waals surface area contributed by atoms with E-state index < -0.39 is 0 Å². The summed E-state index contributed by atoms with van der Waals surface area (Å²) in [7, 11) is 2.26. The Balaban J connectivity index is 1.15. The number of aryl methyl sites for hydroxylation is 1. The monoisotopic (exact) mass is 805 g/mol. The van der Waals surface area contributed by atoms with E-state index in [9.17, 15) is 0 Å². The third-order valence-corrected chi connectivity index (χ3v) is 14.4. The molecular weight excluding hydrogens is 747 g/mol. The van der Waals surface area contributed by atoms with E-state index in [1.54, 1.807) is 0 Å². The van der Waals surface area contributed by atoms with Gasteiger partial charge in [0.25, 0.3) is 0 Å². The molecule has 0 saturated heterocycles. The van der Waals surface area contributed by atoms with Crippen molar-refractivity contribution in [2.75, 3.05) is 0 Å². The van der Waals surface area contributed by atoms with E-state index in [0.29, 0.717) is 0 Å². The summed E-state index contributed by atoms with van der Waals surface area (Å²) in [5.74, 6) is 0. The molecule has 0 aliphatic heterocycles. The molecule has 0 amide bonds. The molecule has 0 aliphatic rings. The van der Waals surface area contributed by atoms with E-state index in [4.69, 9.17) is 0 Å². The van der Waals surface area contributed by atoms with Crippen molar-refractivity contribution in [2.45, 2.75) is 105 Å². The fourth-order valence-corrected chi connectivity index (χ4v) is 10.6. The highest BCUT2D eigenvalue weighted by Gasteiger charge is 2.25. The van der Waals surface area contributed by atoms with Gasteiger partial charge >= 0.3 is 0 Å². The van der Waals surface area contributed by atoms with Gasteiger partial charge in [-0.1, -0.05) is 168 Å². The number of hydrogen-bond acceptors (Lipinski definition) is 0. The predicted octanol–water partition coefficient (Wildman–Crippen LogP) is 17.7. The van der Waals surface area contributed by atoms with Gasteiger partial charge in [0.15, 0.2) is 0 Å². The van der Waals surface area contributed by atoms with Crippen molar-refractivity contribution >= 4 is 86.4 Å². The number of benzene rings is 10. The minimum Gasteiger partial charge on any atom is -0.344 e. The lowest BCUT2D eigenvalue weighted by atomic mass is 9.79. The largest absolute Gasteiger partial charge is 0.344 e. The SMILES string of the molecule is Cn1c2cc(-c3cc4cc(C(C)(C)C)cc5ccc6cc(C(C)(C)C)cc3c6c54)ccc2c2ccc(-c3cc4cc(C(C)(C)C)cc5ccc6cc(C(C)(C)C)cc3c6c54)cc21. The van der Waals surface area contributed by atoms with Crippen LogP contribution in [0.15, 0.2) is 121 Å². The minimum absolute atomic E-state index is 0.0235. The zero-order valence-corrected chi connectivity index (χ0v) is 39.0. The highest BCUT2D eigenvalue weighted by Crippen LogP contribution is 2.47. The van der Waals surface area contributed by atoms with Gasteiger partial charge in [0.05, 0.1) is 0 Å². The lowest BCUT2D eigenvalue weighted by Crippen LogP contribution is -2.12. The molecule has 1 heteroatoms. The van der Waals surface area contributed by atoms with Gasteiger partial charge in [-0.25, -0.2) is 0 Å². The molecule has 0 fully saturated rings. The Kier molecular flexibility index (Phi) is 7.92. The molecule has 308 valence electrons. The zero-order valence-electron chi connectivity index (χ0n) is 39.0. The third kappa shape index (κ3) is 5.80. The van der Waals surface area contributed by atoms with Crippen molar-refractivity contribution in [1.82, 2.24) is 4.57 Å². The Labute approximate surface area is 367 Å². The van der Waals surface area contributed by atoms with Crippen LogP contribution in [0.4, 0.5) is 0 Å². The lowest BCUT2D eigenvalue weighted by Gasteiger charge is -2.25. The summed E-state index contributed by atoms with van der Waals surface area (Å²) in [6, 6.07) is 48.4. The second-order valence-electron chi connectivity index (χ2n) is 22.8. The first-order chi connectivity index (χ1) is 29.1. The van der Waals surface area contributed by atoms with Crippen LogP contribution in [0, 0.1) is 0 Å². The van der Waals surface area contributed by atoms with Gasteiger partial charge in [0.1, 0.15) is 0 Å². The van der Waals surface area contributed by atoms with Crippen molar-refractivity contribution in [3.63, 3.8) is 0 Å². The molecule has 0 aliphatic carbocycles. The first-order valence-corrected chi connectivity index (χ1v) is 22.7. The second kappa shape index (κ2) is 12.6. The molecule has 1 aromatic heterocycles. The van der Waals surface area contributed by atoms with Crippen LogP contribution in [0.2, 0.25) is 0 Å². The quantitative estimate of drug-likeness (QED) is 0.153. The van der Waals surface area contributed by atoms with E-state index in [1.165, 1.54) is 131 Å². The zero-order chi connectivity index (χ0) is 43.6. The summed E-state index contributed by atoms with van der Waals surface area (Å²) < 4.78 is 2.44. The van der Waals surface area contributed by atoms with Crippen LogP contribution >= 0.6 is 0 Å². The number of fused-ring (bicyclic) bond motifs is 3. The maximum atomic E-state index is 2.49. The van der Waals surface area contributed by atoms with Crippen LogP contribution in [0.1, 0.15) is 105 Å². The molecule has 1 nitrogen and oxygen atoms in total. The van der Waals surface area contributed by atoms with E-state index >= 15 is 0 Å². The molecule has 0 bridgehead atoms. The normalized spacial score (nSPS) is 13.6. The highest BCUT2D eigenvalue weighted by molar-refractivity contribution is 6.28. The molecular formula is C61H59N. The minimum atomic E-state index is 0.0235. The smallest absolute Gasteiger partial charge is 0.0494 e. The maximum Gasteiger partial charge on any atom is 0.0494 e. The van der Waals surface area contributed by atoms with Crippen LogP contribution < -0.4 is 0 Å². The molecule has 62 heavy (non-hydrogen) atoms. The standard InChI is InChI=1S/C61H59N/c1-58(2,3)42-22-36-14-16-38-24-44(60(7,8)9)32-50-48(28-40(26-42)54(36)56(38)50)34-18-20-46-47-21-19-35(31-53(47)62(13)52(46)30-34)49-29-41-27-43(59(4,5)6)23-37-15-17-39-25-45(61(10,11)12)33-51(49)57(39)55(37)41/h14-33H,1-13H3. The summed E-state index contributed by atoms with van der Waals surface area (Å²) in [5, 5.41) is 18.7. The van der Waals surface area contributed by atoms with Gasteiger partial charge < -0.3 is 4.57 Å². The second-order valence-corrected chi connectivity index (χ2v) is 22.8. The van der Waals surface area contributed by atoms with Crippen molar-refractivity contribution in [3.8, 4) is 22.3 Å². The summed E-state index contributed by atoms with van der Waals surface area (Å²) >= 11 is 0. The van der Waals surface area contributed by atoms with E-state index in [0.717, 1.165) is 0 Å². The van der Waals surface area contributed by atoms with Crippen molar-refractivity contribution in [3.05, 3.63) is 144 Å². The molecule has 0 radical (unpaired) electrons. The summed E-state index contributed by atoms with van der Waals surface area (Å²) in [6.45, 7) is 28.0. The van der Waals surface area contributed by atoms with Crippen LogP contribution in [-0.4, -0.2) is 4.57 Å². The van der Waals surface area contributed by atoms with E-state index in [2.05, 4.69) is 216 Å². The first kappa shape index (κ1) is 39.0. The van der Waals surface area contributed by atoms with Gasteiger partial charge in [0, 0.05) is 28.9 Å². The van der Waals surface area contributed by atoms with Crippen LogP contribution in [-0.2, 0) is 28.7 Å². The number of aromatic nitrogens is 1. The Hall–Kier alpha value is -5.92. The van der Waals surface area contributed by atoms with Crippen LogP contribution in [0.3, 0.4) is 0 Å². The van der Waals surface area contributed by atoms with Gasteiger partial charge in [0.2, 0.25) is 0 Å². The molecule has 11 rings (SSSR count). The third-order valence-electron chi connectivity index (χ3n) is 14.4. The Morgan fingerprint density at radius 1 is 0.290 bits per heavy atom. The summed E-state index contributed by atoms with van der Waals surface area (Å²) in [6.07, 6.45) is 0. The average Bonchev–Trinajstić information content (AvgIpc) is 3.49. The predicted molar refractivity (Wildman–Crippen MR) is 274 cm³/mol. The summed E-state index contributed by atoms with van der Waals surface area (Å²) in [5.41, 5.74) is 13.3. The molecule has 0 N–H and O–H groups in total. The van der Waals surface area contributed by atoms with Gasteiger partial charge in [-0.3, -0.25) is 0 Å². The molecule has 0 spiro atoms. The lowest BCUT2D eigenvalue weighted by molar-refractivity contribution is 0.591. The van der Waals surface area contributed by atoms with Crippen molar-refractivity contribution in [2.24, 2.45) is 7.05 Å². The fraction of sp³-hybridized carbons (Fsp3) is 0.279. The summed E-state index contributed by atoms with van der Waals surface area (Å²) in [4.78, 5) is 0. The number of rotatable bonds is 2. The average molecular weight is 806 g/mol. The fourth-order valence-electron chi connectivity index (χ4n) is 10.6. The van der Waals surface area contributed by atoms with Gasteiger partial charge in [-0.2, -0.15) is 0 Å². The van der Waals surface area contributed by atoms with Crippen LogP contribution in [0.5, 0.6) is 0 Å². The van der Waals surface area contributed by atoms with Crippen molar-refractivity contribution < 1.29 is 0 Å². The van der Waals surface area contributed by atoms with Gasteiger partial charge in [-0.15, -0.1) is 0 Å². The van der Waals surface area contributed by atoms with Gasteiger partial charge in [-0.05, 0) is 167 Å². The number of nitrogens with zero attached hydrogens (tertiary/aromatic N) is 1. The number of hydrogen-bond donors (Lipinski definition) is 0. The highest BCUT2D eigenvalue weighted by atomic mass is 14.9. The molecule has 0 atom stereocenters. The molecule has 1 heterocycles. The Bertz CT molecular complexity index is 3410. The molecule has 10 aromatic carbocycles. The Morgan fingerprint density at radius 3 is 0.935 bits per heavy atom. The Morgan fingerprint density at radius 2 is 0.597 bits per heavy atom. The van der Waals surface area contributed by atoms with E-state index in [-0.39, 0.29) is 21.7 Å². The first-order valence-electron chi connectivity index (χ1n) is 22.7. The van der Waals surface area contributed by atoms with Crippen molar-refractivity contribution in [1.29, 1.82) is 0 Å². The topological polar surface area (TPSA) is 4.93 Å². The van der Waals surface area contributed by atoms with Crippen LogP contribution in [0.25, 0.3) is 109 Å². The molecule has 0 unspecified atom stereocenters.